The Morgan fingerprint density at radius 2 is 1.08 bits per heavy atom. The molecule has 0 amide bonds. The summed E-state index contributed by atoms with van der Waals surface area (Å²) < 4.78 is 0. The van der Waals surface area contributed by atoms with E-state index in [0.29, 0.717) is 21.7 Å². The van der Waals surface area contributed by atoms with Gasteiger partial charge >= 0.3 is 0 Å². The number of rotatable bonds is 5. The Balaban J connectivity index is 0.000000151. The summed E-state index contributed by atoms with van der Waals surface area (Å²) in [5.41, 5.74) is 2.25. The molecule has 0 nitrogen and oxygen atoms in total. The Morgan fingerprint density at radius 3 is 1.49 bits per heavy atom. The van der Waals surface area contributed by atoms with Crippen molar-refractivity contribution in [2.75, 3.05) is 0 Å². The van der Waals surface area contributed by atoms with E-state index in [0.717, 1.165) is 76.9 Å². The molecule has 0 N–H and O–H groups in total. The van der Waals surface area contributed by atoms with Gasteiger partial charge in [0.2, 0.25) is 0 Å². The highest BCUT2D eigenvalue weighted by molar-refractivity contribution is 5.20. The van der Waals surface area contributed by atoms with Crippen LogP contribution in [-0.4, -0.2) is 0 Å². The van der Waals surface area contributed by atoms with Crippen LogP contribution >= 0.6 is 0 Å². The molecule has 0 heterocycles. The monoisotopic (exact) mass is 511 g/mol. The maximum Gasteiger partial charge on any atom is -0.0269 e. The molecule has 0 aromatic rings. The molecule has 0 heteroatoms. The van der Waals surface area contributed by atoms with E-state index in [1.807, 2.05) is 0 Å². The molecule has 6 saturated carbocycles. The van der Waals surface area contributed by atoms with Gasteiger partial charge in [-0.15, -0.1) is 0 Å². The normalized spacial score (nSPS) is 50.0. The van der Waals surface area contributed by atoms with Gasteiger partial charge < -0.3 is 0 Å². The van der Waals surface area contributed by atoms with Crippen LogP contribution in [0.2, 0.25) is 0 Å². The first kappa shape index (κ1) is 28.5. The van der Waals surface area contributed by atoms with Crippen molar-refractivity contribution in [3.63, 3.8) is 0 Å². The average Bonchev–Trinajstić information content (AvgIpc) is 3.61. The fraction of sp³-hybridized carbons (Fsp3) is 1.00. The van der Waals surface area contributed by atoms with Crippen molar-refractivity contribution >= 4 is 0 Å². The Labute approximate surface area is 233 Å². The summed E-state index contributed by atoms with van der Waals surface area (Å²) in [5.74, 6) is 13.4. The molecular weight excluding hydrogens is 444 g/mol. The first-order chi connectivity index (χ1) is 17.0. The molecule has 6 bridgehead atoms. The van der Waals surface area contributed by atoms with E-state index in [-0.39, 0.29) is 0 Å². The van der Waals surface area contributed by atoms with Crippen molar-refractivity contribution in [3.8, 4) is 0 Å². The lowest BCUT2D eigenvalue weighted by Crippen LogP contribution is -2.50. The molecule has 0 spiro atoms. The number of hydrogen-bond acceptors (Lipinski definition) is 0. The molecule has 6 aliphatic rings. The van der Waals surface area contributed by atoms with E-state index in [1.165, 1.54) is 32.1 Å². The zero-order valence-electron chi connectivity index (χ0n) is 27.5. The molecule has 6 rings (SSSR count). The van der Waals surface area contributed by atoms with E-state index in [2.05, 4.69) is 90.0 Å². The standard InChI is InChI=1S/C19H36.C18H30/c1-8-13(3)10-14(9-2)16-11-15-12-17(16)19(6,7)18(15,4)5;1-9-10(2)12-7-11(9)15-13-8-14(16(12)15)18(5,6)17(13,3)4/h13-17H,8-12H2,1-7H3;9-16H,7-8H2,1-6H3. The van der Waals surface area contributed by atoms with Crippen LogP contribution in [0.25, 0.3) is 0 Å². The van der Waals surface area contributed by atoms with Crippen molar-refractivity contribution in [1.82, 2.24) is 0 Å². The van der Waals surface area contributed by atoms with Crippen molar-refractivity contribution in [2.24, 2.45) is 98.6 Å². The highest BCUT2D eigenvalue weighted by atomic mass is 14.8. The fourth-order valence-electron chi connectivity index (χ4n) is 12.7. The minimum absolute atomic E-state index is 0.545. The molecule has 13 unspecified atom stereocenters. The maximum absolute atomic E-state index is 2.58. The van der Waals surface area contributed by atoms with Gasteiger partial charge in [0.15, 0.2) is 0 Å². The smallest absolute Gasteiger partial charge is 0.0269 e. The van der Waals surface area contributed by atoms with Gasteiger partial charge in [0, 0.05) is 0 Å². The van der Waals surface area contributed by atoms with Crippen LogP contribution in [-0.2, 0) is 0 Å². The molecule has 37 heavy (non-hydrogen) atoms. The molecular formula is C37H66. The molecule has 0 aromatic heterocycles. The lowest BCUT2D eigenvalue weighted by atomic mass is 9.50. The Hall–Kier alpha value is 0. The number of fused-ring (bicyclic) bond motifs is 11. The predicted molar refractivity (Wildman–Crippen MR) is 161 cm³/mol. The second-order valence-corrected chi connectivity index (χ2v) is 18.1. The van der Waals surface area contributed by atoms with Gasteiger partial charge in [-0.1, -0.05) is 103 Å². The summed E-state index contributed by atoms with van der Waals surface area (Å²) in [4.78, 5) is 0. The third-order valence-corrected chi connectivity index (χ3v) is 16.9. The quantitative estimate of drug-likeness (QED) is 0.323. The van der Waals surface area contributed by atoms with E-state index < -0.39 is 0 Å². The molecule has 13 atom stereocenters. The Morgan fingerprint density at radius 1 is 0.595 bits per heavy atom. The van der Waals surface area contributed by atoms with Crippen LogP contribution in [0.4, 0.5) is 0 Å². The van der Waals surface area contributed by atoms with Gasteiger partial charge in [0.05, 0.1) is 0 Å². The van der Waals surface area contributed by atoms with Gasteiger partial charge in [0.1, 0.15) is 0 Å². The fourth-order valence-corrected chi connectivity index (χ4v) is 12.7. The number of hydrogen-bond donors (Lipinski definition) is 0. The molecule has 6 fully saturated rings. The Kier molecular flexibility index (Phi) is 6.94. The zero-order valence-corrected chi connectivity index (χ0v) is 27.5. The van der Waals surface area contributed by atoms with Crippen LogP contribution in [0.1, 0.15) is 135 Å². The topological polar surface area (TPSA) is 0 Å². The Bertz CT molecular complexity index is 806. The van der Waals surface area contributed by atoms with Crippen LogP contribution < -0.4 is 0 Å². The molecule has 6 aliphatic carbocycles. The molecule has 0 aromatic carbocycles. The highest BCUT2D eigenvalue weighted by Gasteiger charge is 2.72. The SMILES string of the molecule is CC1C(C)C2CC1C1C2C2CC1C(C)(C)C2(C)C.CCC(C)CC(CC)C1CC2CC1C(C)(C)C2(C)C. The second kappa shape index (κ2) is 9.00. The summed E-state index contributed by atoms with van der Waals surface area (Å²) in [7, 11) is 0. The molecule has 0 radical (unpaired) electrons. The van der Waals surface area contributed by atoms with E-state index >= 15 is 0 Å². The molecule has 0 aliphatic heterocycles. The van der Waals surface area contributed by atoms with Gasteiger partial charge in [-0.25, -0.2) is 0 Å². The summed E-state index contributed by atoms with van der Waals surface area (Å²) in [6.45, 7) is 32.8. The van der Waals surface area contributed by atoms with Crippen LogP contribution in [0.3, 0.4) is 0 Å². The van der Waals surface area contributed by atoms with E-state index in [4.69, 9.17) is 0 Å². The van der Waals surface area contributed by atoms with Crippen molar-refractivity contribution in [1.29, 1.82) is 0 Å². The first-order valence-electron chi connectivity index (χ1n) is 17.0. The third-order valence-electron chi connectivity index (χ3n) is 16.9. The van der Waals surface area contributed by atoms with Crippen molar-refractivity contribution in [3.05, 3.63) is 0 Å². The van der Waals surface area contributed by atoms with Crippen LogP contribution in [0, 0.1) is 98.6 Å². The van der Waals surface area contributed by atoms with Crippen molar-refractivity contribution < 1.29 is 0 Å². The minimum Gasteiger partial charge on any atom is -0.0651 e. The molecule has 214 valence electrons. The average molecular weight is 511 g/mol. The van der Waals surface area contributed by atoms with Gasteiger partial charge in [0.25, 0.3) is 0 Å². The van der Waals surface area contributed by atoms with E-state index in [9.17, 15) is 0 Å². The minimum atomic E-state index is 0.545. The van der Waals surface area contributed by atoms with Crippen molar-refractivity contribution in [2.45, 2.75) is 135 Å². The lowest BCUT2D eigenvalue weighted by Gasteiger charge is -2.55. The maximum atomic E-state index is 2.58. The summed E-state index contributed by atoms with van der Waals surface area (Å²) in [6, 6.07) is 0. The summed E-state index contributed by atoms with van der Waals surface area (Å²) in [5, 5.41) is 0. The van der Waals surface area contributed by atoms with Gasteiger partial charge in [-0.3, -0.25) is 0 Å². The predicted octanol–water partition coefficient (Wildman–Crippen LogP) is 11.0. The van der Waals surface area contributed by atoms with Crippen LogP contribution in [0.15, 0.2) is 0 Å². The first-order valence-corrected chi connectivity index (χ1v) is 17.0. The van der Waals surface area contributed by atoms with E-state index in [1.54, 1.807) is 12.8 Å². The summed E-state index contributed by atoms with van der Waals surface area (Å²) in [6.07, 6.45) is 10.4. The lowest BCUT2D eigenvalue weighted by molar-refractivity contribution is -0.0704. The van der Waals surface area contributed by atoms with Gasteiger partial charge in [-0.05, 0) is 131 Å². The largest absolute Gasteiger partial charge is 0.0651 e. The van der Waals surface area contributed by atoms with Gasteiger partial charge in [-0.2, -0.15) is 0 Å². The highest BCUT2D eigenvalue weighted by Crippen LogP contribution is 2.78. The van der Waals surface area contributed by atoms with Crippen LogP contribution in [0.5, 0.6) is 0 Å². The third kappa shape index (κ3) is 3.70. The second-order valence-electron chi connectivity index (χ2n) is 18.1. The zero-order chi connectivity index (χ0) is 27.5. The summed E-state index contributed by atoms with van der Waals surface area (Å²) >= 11 is 0. The molecule has 0 saturated heterocycles.